The van der Waals surface area contributed by atoms with Gasteiger partial charge in [-0.15, -0.1) is 0 Å². The molecule has 6 nitrogen and oxygen atoms in total. The van der Waals surface area contributed by atoms with Gasteiger partial charge in [0.1, 0.15) is 10.9 Å². The van der Waals surface area contributed by atoms with Gasteiger partial charge in [0.25, 0.3) is 5.69 Å². The molecular weight excluding hydrogens is 282 g/mol. The van der Waals surface area contributed by atoms with E-state index in [0.29, 0.717) is 11.3 Å². The maximum Gasteiger partial charge on any atom is 0.277 e. The molecule has 0 aliphatic carbocycles. The van der Waals surface area contributed by atoms with Crippen LogP contribution in [0.1, 0.15) is 11.1 Å². The highest BCUT2D eigenvalue weighted by molar-refractivity contribution is 6.29. The number of halogens is 1. The summed E-state index contributed by atoms with van der Waals surface area (Å²) in [5, 5.41) is 19.6. The Labute approximate surface area is 119 Å². The van der Waals surface area contributed by atoms with Crippen molar-refractivity contribution in [1.29, 1.82) is 5.26 Å². The van der Waals surface area contributed by atoms with Gasteiger partial charge in [0.05, 0.1) is 28.7 Å². The fourth-order valence-corrected chi connectivity index (χ4v) is 1.71. The number of ether oxygens (including phenoxy) is 1. The van der Waals surface area contributed by atoms with Crippen LogP contribution in [-0.2, 0) is 0 Å². The van der Waals surface area contributed by atoms with E-state index in [1.54, 1.807) is 19.1 Å². The fraction of sp³-hybridized carbons (Fsp3) is 0.0769. The molecule has 0 aliphatic rings. The molecule has 0 spiro atoms. The van der Waals surface area contributed by atoms with E-state index in [1.807, 2.05) is 6.07 Å². The van der Waals surface area contributed by atoms with Crippen molar-refractivity contribution in [3.63, 3.8) is 0 Å². The first-order chi connectivity index (χ1) is 9.49. The van der Waals surface area contributed by atoms with Crippen molar-refractivity contribution in [1.82, 2.24) is 4.98 Å². The van der Waals surface area contributed by atoms with Gasteiger partial charge in [-0.05, 0) is 24.6 Å². The number of nitrogens with zero attached hydrogens (tertiary/aromatic N) is 3. The molecule has 0 radical (unpaired) electrons. The van der Waals surface area contributed by atoms with E-state index in [1.165, 1.54) is 12.1 Å². The summed E-state index contributed by atoms with van der Waals surface area (Å²) in [6, 6.07) is 9.19. The number of benzene rings is 1. The first-order valence-electron chi connectivity index (χ1n) is 5.50. The zero-order valence-corrected chi connectivity index (χ0v) is 11.1. The van der Waals surface area contributed by atoms with Crippen molar-refractivity contribution in [2.75, 3.05) is 0 Å². The maximum absolute atomic E-state index is 10.7. The Balaban J connectivity index is 2.40. The molecule has 1 aromatic carbocycles. The predicted octanol–water partition coefficient (Wildman–Crippen LogP) is 3.62. The van der Waals surface area contributed by atoms with E-state index >= 15 is 0 Å². The van der Waals surface area contributed by atoms with Crippen molar-refractivity contribution in [2.24, 2.45) is 0 Å². The Morgan fingerprint density at radius 2 is 2.15 bits per heavy atom. The summed E-state index contributed by atoms with van der Waals surface area (Å²) in [7, 11) is 0. The smallest absolute Gasteiger partial charge is 0.277 e. The third-order valence-corrected chi connectivity index (χ3v) is 2.69. The Hall–Kier alpha value is -2.65. The lowest BCUT2D eigenvalue weighted by molar-refractivity contribution is -0.385. The summed E-state index contributed by atoms with van der Waals surface area (Å²) in [5.41, 5.74) is 0.977. The molecule has 2 rings (SSSR count). The normalized spacial score (nSPS) is 9.85. The Kier molecular flexibility index (Phi) is 3.82. The van der Waals surface area contributed by atoms with Gasteiger partial charge in [0.2, 0.25) is 5.88 Å². The molecule has 0 unspecified atom stereocenters. The summed E-state index contributed by atoms with van der Waals surface area (Å²) in [6.45, 7) is 1.79. The Bertz CT molecular complexity index is 725. The SMILES string of the molecule is Cc1ccc(C#N)cc1Oc1cc([N+](=O)[O-])cc(Cl)n1. The molecule has 0 aliphatic heterocycles. The minimum atomic E-state index is -0.584. The molecule has 7 heteroatoms. The summed E-state index contributed by atoms with van der Waals surface area (Å²) in [4.78, 5) is 14.0. The van der Waals surface area contributed by atoms with Crippen LogP contribution in [0.25, 0.3) is 0 Å². The van der Waals surface area contributed by atoms with E-state index in [0.717, 1.165) is 11.6 Å². The number of hydrogen-bond acceptors (Lipinski definition) is 5. The van der Waals surface area contributed by atoms with E-state index in [9.17, 15) is 10.1 Å². The van der Waals surface area contributed by atoms with Gasteiger partial charge in [-0.3, -0.25) is 10.1 Å². The molecule has 0 fully saturated rings. The van der Waals surface area contributed by atoms with E-state index in [2.05, 4.69) is 4.98 Å². The average Bonchev–Trinajstić information content (AvgIpc) is 2.40. The number of nitro groups is 1. The highest BCUT2D eigenvalue weighted by Crippen LogP contribution is 2.28. The maximum atomic E-state index is 10.7. The van der Waals surface area contributed by atoms with Crippen molar-refractivity contribution in [3.05, 3.63) is 56.7 Å². The third kappa shape index (κ3) is 3.02. The molecule has 1 heterocycles. The number of hydrogen-bond donors (Lipinski definition) is 0. The highest BCUT2D eigenvalue weighted by Gasteiger charge is 2.12. The van der Waals surface area contributed by atoms with Crippen LogP contribution in [0, 0.1) is 28.4 Å². The van der Waals surface area contributed by atoms with Gasteiger partial charge in [0, 0.05) is 0 Å². The Morgan fingerprint density at radius 3 is 2.80 bits per heavy atom. The number of aryl methyl sites for hydroxylation is 1. The van der Waals surface area contributed by atoms with Gasteiger partial charge in [0.15, 0.2) is 0 Å². The van der Waals surface area contributed by atoms with E-state index < -0.39 is 4.92 Å². The van der Waals surface area contributed by atoms with Crippen LogP contribution in [0.3, 0.4) is 0 Å². The van der Waals surface area contributed by atoms with E-state index in [4.69, 9.17) is 21.6 Å². The molecule has 0 N–H and O–H groups in total. The molecule has 0 saturated carbocycles. The van der Waals surface area contributed by atoms with Gasteiger partial charge >= 0.3 is 0 Å². The lowest BCUT2D eigenvalue weighted by Gasteiger charge is -2.08. The molecule has 0 atom stereocenters. The second kappa shape index (κ2) is 5.55. The van der Waals surface area contributed by atoms with Gasteiger partial charge in [-0.1, -0.05) is 17.7 Å². The lowest BCUT2D eigenvalue weighted by atomic mass is 10.1. The lowest BCUT2D eigenvalue weighted by Crippen LogP contribution is -1.94. The van der Waals surface area contributed by atoms with Crippen LogP contribution in [0.2, 0.25) is 5.15 Å². The van der Waals surface area contributed by atoms with Crippen LogP contribution >= 0.6 is 11.6 Å². The minimum Gasteiger partial charge on any atom is -0.438 e. The quantitative estimate of drug-likeness (QED) is 0.489. The second-order valence-electron chi connectivity index (χ2n) is 3.94. The predicted molar refractivity (Wildman–Crippen MR) is 71.9 cm³/mol. The molecule has 0 amide bonds. The minimum absolute atomic E-state index is 0.00221. The monoisotopic (exact) mass is 289 g/mol. The second-order valence-corrected chi connectivity index (χ2v) is 4.32. The molecular formula is C13H8ClN3O3. The number of nitriles is 1. The summed E-state index contributed by atoms with van der Waals surface area (Å²) in [5.74, 6) is 0.399. The highest BCUT2D eigenvalue weighted by atomic mass is 35.5. The molecule has 0 bridgehead atoms. The Morgan fingerprint density at radius 1 is 1.40 bits per heavy atom. The van der Waals surface area contributed by atoms with Crippen molar-refractivity contribution >= 4 is 17.3 Å². The zero-order valence-electron chi connectivity index (χ0n) is 10.3. The first kappa shape index (κ1) is 13.8. The number of aromatic nitrogens is 1. The molecule has 1 aromatic heterocycles. The number of pyridine rings is 1. The van der Waals surface area contributed by atoms with Crippen LogP contribution in [0.15, 0.2) is 30.3 Å². The summed E-state index contributed by atoms with van der Waals surface area (Å²) < 4.78 is 5.47. The number of rotatable bonds is 3. The van der Waals surface area contributed by atoms with Gasteiger partial charge in [-0.2, -0.15) is 5.26 Å². The molecule has 20 heavy (non-hydrogen) atoms. The van der Waals surface area contributed by atoms with Crippen LogP contribution in [0.5, 0.6) is 11.6 Å². The topological polar surface area (TPSA) is 89.0 Å². The molecule has 0 saturated heterocycles. The standard InChI is InChI=1S/C13H8ClN3O3/c1-8-2-3-9(7-15)4-11(8)20-13-6-10(17(18)19)5-12(14)16-13/h2-6H,1H3. The van der Waals surface area contributed by atoms with Crippen molar-refractivity contribution in [3.8, 4) is 17.7 Å². The summed E-state index contributed by atoms with van der Waals surface area (Å²) in [6.07, 6.45) is 0. The summed E-state index contributed by atoms with van der Waals surface area (Å²) >= 11 is 5.71. The fourth-order valence-electron chi connectivity index (χ4n) is 1.51. The van der Waals surface area contributed by atoms with Crippen molar-refractivity contribution < 1.29 is 9.66 Å². The first-order valence-corrected chi connectivity index (χ1v) is 5.88. The average molecular weight is 290 g/mol. The van der Waals surface area contributed by atoms with Crippen molar-refractivity contribution in [2.45, 2.75) is 6.92 Å². The van der Waals surface area contributed by atoms with Crippen LogP contribution in [-0.4, -0.2) is 9.91 Å². The van der Waals surface area contributed by atoms with Crippen LogP contribution in [0.4, 0.5) is 5.69 Å². The zero-order chi connectivity index (χ0) is 14.7. The molecule has 100 valence electrons. The van der Waals surface area contributed by atoms with Crippen LogP contribution < -0.4 is 4.74 Å². The van der Waals surface area contributed by atoms with Gasteiger partial charge < -0.3 is 4.74 Å². The van der Waals surface area contributed by atoms with E-state index in [-0.39, 0.29) is 16.7 Å². The third-order valence-electron chi connectivity index (χ3n) is 2.50. The molecule has 2 aromatic rings. The van der Waals surface area contributed by atoms with Gasteiger partial charge in [-0.25, -0.2) is 4.98 Å². The largest absolute Gasteiger partial charge is 0.438 e.